The van der Waals surface area contributed by atoms with Crippen LogP contribution in [0.5, 0.6) is 0 Å². The van der Waals surface area contributed by atoms with Gasteiger partial charge in [-0.3, -0.25) is 0 Å². The van der Waals surface area contributed by atoms with Crippen molar-refractivity contribution in [3.8, 4) is 0 Å². The van der Waals surface area contributed by atoms with Crippen LogP contribution in [0.4, 0.5) is 4.39 Å². The number of carbonyl (C=O) groups excluding carboxylic acids is 1. The van der Waals surface area contributed by atoms with Gasteiger partial charge in [0, 0.05) is 23.7 Å². The lowest BCUT2D eigenvalue weighted by Crippen LogP contribution is -2.30. The van der Waals surface area contributed by atoms with Gasteiger partial charge in [-0.1, -0.05) is 32.0 Å². The summed E-state index contributed by atoms with van der Waals surface area (Å²) in [5, 5.41) is 0. The quantitative estimate of drug-likeness (QED) is 0.357. The van der Waals surface area contributed by atoms with E-state index in [-0.39, 0.29) is 22.9 Å². The van der Waals surface area contributed by atoms with Crippen LogP contribution in [0.25, 0.3) is 0 Å². The second-order valence-corrected chi connectivity index (χ2v) is 8.61. The highest BCUT2D eigenvalue weighted by Crippen LogP contribution is 2.21. The van der Waals surface area contributed by atoms with Gasteiger partial charge in [-0.2, -0.15) is 4.31 Å². The number of ether oxygens (including phenoxy) is 1. The summed E-state index contributed by atoms with van der Waals surface area (Å²) in [6.45, 7) is 4.30. The number of sulfonamides is 1. The van der Waals surface area contributed by atoms with E-state index in [0.717, 1.165) is 0 Å². The summed E-state index contributed by atoms with van der Waals surface area (Å²) in [5.74, 6) is -0.534. The predicted molar refractivity (Wildman–Crippen MR) is 104 cm³/mol. The lowest BCUT2D eigenvalue weighted by atomic mass is 10.2. The Bertz CT molecular complexity index is 883. The molecule has 2 aromatic rings. The topological polar surface area (TPSA) is 63.7 Å². The summed E-state index contributed by atoms with van der Waals surface area (Å²) in [4.78, 5) is 12.7. The first-order valence-electron chi connectivity index (χ1n) is 8.54. The number of carbonyl (C=O) groups is 1. The first-order valence-corrected chi connectivity index (χ1v) is 11.0. The minimum atomic E-state index is -3.64. The van der Waals surface area contributed by atoms with E-state index >= 15 is 0 Å². The molecular weight excluding hydrogens is 389 g/mol. The molecule has 2 rings (SSSR count). The number of benzene rings is 2. The smallest absolute Gasteiger partial charge is 0.338 e. The van der Waals surface area contributed by atoms with Crippen molar-refractivity contribution in [2.24, 2.45) is 0 Å². The van der Waals surface area contributed by atoms with Gasteiger partial charge in [-0.15, -0.1) is 11.8 Å². The minimum Gasteiger partial charge on any atom is -0.461 e. The van der Waals surface area contributed by atoms with Crippen LogP contribution in [0.2, 0.25) is 0 Å². The molecule has 0 N–H and O–H groups in total. The molecule has 0 aromatic heterocycles. The molecule has 5 nitrogen and oxygen atoms in total. The second-order valence-electron chi connectivity index (χ2n) is 5.53. The molecule has 0 saturated heterocycles. The molecule has 0 radical (unpaired) electrons. The van der Waals surface area contributed by atoms with Crippen molar-refractivity contribution in [3.63, 3.8) is 0 Å². The molecule has 0 unspecified atom stereocenters. The molecule has 0 aliphatic carbocycles. The zero-order chi connectivity index (χ0) is 19.9. The molecule has 0 bridgehead atoms. The Balaban J connectivity index is 1.98. The van der Waals surface area contributed by atoms with Crippen LogP contribution in [0.15, 0.2) is 58.3 Å². The van der Waals surface area contributed by atoms with Crippen molar-refractivity contribution < 1.29 is 22.3 Å². The Morgan fingerprint density at radius 1 is 1.11 bits per heavy atom. The molecule has 0 spiro atoms. The summed E-state index contributed by atoms with van der Waals surface area (Å²) in [7, 11) is -3.64. The van der Waals surface area contributed by atoms with Crippen LogP contribution < -0.4 is 0 Å². The zero-order valence-corrected chi connectivity index (χ0v) is 16.9. The van der Waals surface area contributed by atoms with Gasteiger partial charge in [0.25, 0.3) is 0 Å². The first-order chi connectivity index (χ1) is 12.9. The molecule has 146 valence electrons. The molecule has 0 aliphatic rings. The van der Waals surface area contributed by atoms with E-state index in [1.165, 1.54) is 46.4 Å². The summed E-state index contributed by atoms with van der Waals surface area (Å²) in [6, 6.07) is 12.2. The van der Waals surface area contributed by atoms with Crippen molar-refractivity contribution in [1.29, 1.82) is 0 Å². The highest BCUT2D eigenvalue weighted by molar-refractivity contribution is 7.99. The number of thioether (sulfide) groups is 1. The molecule has 8 heteroatoms. The Kier molecular flexibility index (Phi) is 7.82. The van der Waals surface area contributed by atoms with Crippen LogP contribution >= 0.6 is 11.8 Å². The van der Waals surface area contributed by atoms with Crippen LogP contribution in [-0.4, -0.2) is 44.1 Å². The number of esters is 1. The molecular formula is C19H22FNO4S2. The van der Waals surface area contributed by atoms with E-state index in [9.17, 15) is 17.6 Å². The highest BCUT2D eigenvalue weighted by Gasteiger charge is 2.22. The van der Waals surface area contributed by atoms with Crippen LogP contribution in [0, 0.1) is 5.82 Å². The Labute approximate surface area is 163 Å². The number of nitrogens with zero attached hydrogens (tertiary/aromatic N) is 1. The molecule has 0 heterocycles. The molecule has 27 heavy (non-hydrogen) atoms. The third-order valence-corrected chi connectivity index (χ3v) is 6.88. The fourth-order valence-corrected chi connectivity index (χ4v) is 4.70. The van der Waals surface area contributed by atoms with Gasteiger partial charge in [-0.25, -0.2) is 17.6 Å². The van der Waals surface area contributed by atoms with E-state index in [2.05, 4.69) is 0 Å². The largest absolute Gasteiger partial charge is 0.461 e. The predicted octanol–water partition coefficient (Wildman–Crippen LogP) is 3.81. The number of rotatable bonds is 9. The molecule has 0 atom stereocenters. The molecule has 0 amide bonds. The first kappa shape index (κ1) is 21.4. The summed E-state index contributed by atoms with van der Waals surface area (Å²) in [5.41, 5.74) is 0.166. The average molecular weight is 412 g/mol. The molecule has 0 saturated carbocycles. The van der Waals surface area contributed by atoms with E-state index in [1.807, 2.05) is 0 Å². The van der Waals surface area contributed by atoms with Gasteiger partial charge in [0.05, 0.1) is 10.5 Å². The van der Waals surface area contributed by atoms with E-state index in [4.69, 9.17) is 4.74 Å². The van der Waals surface area contributed by atoms with Crippen molar-refractivity contribution in [2.45, 2.75) is 23.6 Å². The Morgan fingerprint density at radius 3 is 2.48 bits per heavy atom. The van der Waals surface area contributed by atoms with Crippen molar-refractivity contribution >= 4 is 27.8 Å². The van der Waals surface area contributed by atoms with Gasteiger partial charge in [0.2, 0.25) is 10.0 Å². The minimum absolute atomic E-state index is 0.0568. The molecule has 2 aromatic carbocycles. The standard InChI is InChI=1S/C19H22FNO4S2/c1-3-21(4-2)27(23,24)16-9-7-8-15(14-16)19(22)25-12-13-26-18-11-6-5-10-17(18)20/h5-11,14H,3-4,12-13H2,1-2H3. The van der Waals surface area contributed by atoms with Crippen LogP contribution in [-0.2, 0) is 14.8 Å². The normalized spacial score (nSPS) is 11.6. The summed E-state index contributed by atoms with van der Waals surface area (Å²) < 4.78 is 45.1. The summed E-state index contributed by atoms with van der Waals surface area (Å²) in [6.07, 6.45) is 0. The van der Waals surface area contributed by atoms with Gasteiger partial charge in [0.1, 0.15) is 12.4 Å². The number of hydrogen-bond acceptors (Lipinski definition) is 5. The van der Waals surface area contributed by atoms with E-state index in [0.29, 0.717) is 23.7 Å². The second kappa shape index (κ2) is 9.87. The Hall–Kier alpha value is -1.90. The maximum absolute atomic E-state index is 13.5. The lowest BCUT2D eigenvalue weighted by molar-refractivity contribution is 0.0530. The zero-order valence-electron chi connectivity index (χ0n) is 15.2. The van der Waals surface area contributed by atoms with E-state index < -0.39 is 16.0 Å². The van der Waals surface area contributed by atoms with Crippen molar-refractivity contribution in [2.75, 3.05) is 25.4 Å². The van der Waals surface area contributed by atoms with Gasteiger partial charge in [-0.05, 0) is 30.3 Å². The van der Waals surface area contributed by atoms with Gasteiger partial charge >= 0.3 is 5.97 Å². The Morgan fingerprint density at radius 2 is 1.81 bits per heavy atom. The van der Waals surface area contributed by atoms with Crippen molar-refractivity contribution in [3.05, 3.63) is 59.9 Å². The lowest BCUT2D eigenvalue weighted by Gasteiger charge is -2.18. The third-order valence-electron chi connectivity index (χ3n) is 3.82. The maximum Gasteiger partial charge on any atom is 0.338 e. The fraction of sp³-hybridized carbons (Fsp3) is 0.316. The number of halogens is 1. The van der Waals surface area contributed by atoms with Gasteiger partial charge < -0.3 is 4.74 Å². The highest BCUT2D eigenvalue weighted by atomic mass is 32.2. The monoisotopic (exact) mass is 411 g/mol. The molecule has 0 aliphatic heterocycles. The van der Waals surface area contributed by atoms with Gasteiger partial charge in [0.15, 0.2) is 0 Å². The summed E-state index contributed by atoms with van der Waals surface area (Å²) >= 11 is 1.25. The average Bonchev–Trinajstić information content (AvgIpc) is 2.67. The maximum atomic E-state index is 13.5. The van der Waals surface area contributed by atoms with E-state index in [1.54, 1.807) is 32.0 Å². The SMILES string of the molecule is CCN(CC)S(=O)(=O)c1cccc(C(=O)OCCSc2ccccc2F)c1. The molecule has 0 fully saturated rings. The van der Waals surface area contributed by atoms with Crippen LogP contribution in [0.3, 0.4) is 0 Å². The van der Waals surface area contributed by atoms with Crippen LogP contribution in [0.1, 0.15) is 24.2 Å². The fourth-order valence-electron chi connectivity index (χ4n) is 2.43. The number of hydrogen-bond donors (Lipinski definition) is 0. The third kappa shape index (κ3) is 5.54. The van der Waals surface area contributed by atoms with Crippen molar-refractivity contribution in [1.82, 2.24) is 4.31 Å².